The van der Waals surface area contributed by atoms with Gasteiger partial charge in [0, 0.05) is 68.3 Å². The van der Waals surface area contributed by atoms with Crippen molar-refractivity contribution in [3.63, 3.8) is 0 Å². The molecule has 4 aliphatic carbocycles. The third kappa shape index (κ3) is 8.66. The molecule has 10 rings (SSSR count). The van der Waals surface area contributed by atoms with Gasteiger partial charge in [-0.15, -0.1) is 0 Å². The molecule has 2 aromatic heterocycles. The zero-order chi connectivity index (χ0) is 45.2. The number of sulfonamides is 2. The maximum absolute atomic E-state index is 14.2. The molecule has 2 amide bonds. The van der Waals surface area contributed by atoms with Crippen LogP contribution in [0, 0.1) is 0 Å². The number of urea groups is 1. The molecule has 0 saturated carbocycles. The molecule has 65 heavy (non-hydrogen) atoms. The summed E-state index contributed by atoms with van der Waals surface area (Å²) in [6.45, 7) is 3.04. The summed E-state index contributed by atoms with van der Waals surface area (Å²) in [6.07, 6.45) is 11.5. The van der Waals surface area contributed by atoms with Gasteiger partial charge in [-0.3, -0.25) is 0 Å². The molecule has 0 spiro atoms. The van der Waals surface area contributed by atoms with Gasteiger partial charge in [0.2, 0.25) is 21.8 Å². The van der Waals surface area contributed by atoms with Gasteiger partial charge < -0.3 is 44.1 Å². The first-order valence-corrected chi connectivity index (χ1v) is 26.4. The van der Waals surface area contributed by atoms with Crippen LogP contribution in [-0.2, 0) is 97.5 Å². The fourth-order valence-corrected chi connectivity index (χ4v) is 13.6. The number of benzene rings is 2. The van der Waals surface area contributed by atoms with Crippen LogP contribution in [0.3, 0.4) is 0 Å². The lowest BCUT2D eigenvalue weighted by Crippen LogP contribution is -2.41. The SMILES string of the molecule is CN(C)Cc1cc(S(=O)(=O)NC(O)Nc2c3c(cc4c2CCC4)CCC3)c2n1CCC(CN(C)CCc1cc(S(=O)(=O)NC(=O)Nc3c4c(cc5c3CCC5)CCC4)c3n1CCCO3)O2. The van der Waals surface area contributed by atoms with Gasteiger partial charge in [-0.2, -0.15) is 4.72 Å². The van der Waals surface area contributed by atoms with Crippen molar-refractivity contribution in [2.45, 2.75) is 138 Å². The molecule has 0 fully saturated rings. The van der Waals surface area contributed by atoms with Gasteiger partial charge in [0.05, 0.1) is 6.61 Å². The van der Waals surface area contributed by atoms with Gasteiger partial charge in [0.25, 0.3) is 10.0 Å². The quantitative estimate of drug-likeness (QED) is 0.105. The summed E-state index contributed by atoms with van der Waals surface area (Å²) in [7, 11) is -2.71. The first-order chi connectivity index (χ1) is 31.2. The number of aromatic nitrogens is 2. The summed E-state index contributed by atoms with van der Waals surface area (Å²) in [6, 6.07) is 7.05. The number of hydrogen-bond donors (Lipinski definition) is 5. The van der Waals surface area contributed by atoms with Crippen molar-refractivity contribution in [2.75, 3.05) is 51.5 Å². The number of ether oxygens (including phenoxy) is 2. The molecule has 4 heterocycles. The van der Waals surface area contributed by atoms with E-state index in [4.69, 9.17) is 9.47 Å². The predicted molar refractivity (Wildman–Crippen MR) is 247 cm³/mol. The monoisotopic (exact) mass is 930 g/mol. The highest BCUT2D eigenvalue weighted by atomic mass is 32.2. The van der Waals surface area contributed by atoms with Crippen LogP contribution in [0.5, 0.6) is 11.8 Å². The van der Waals surface area contributed by atoms with Gasteiger partial charge in [0.15, 0.2) is 6.35 Å². The average molecular weight is 931 g/mol. The minimum Gasteiger partial charge on any atom is -0.478 e. The molecular formula is C47H62N8O8S2. The molecule has 16 nitrogen and oxygen atoms in total. The maximum atomic E-state index is 14.2. The Labute approximate surface area is 382 Å². The molecule has 350 valence electrons. The Morgan fingerprint density at radius 3 is 1.92 bits per heavy atom. The Hall–Kier alpha value is -4.59. The summed E-state index contributed by atoms with van der Waals surface area (Å²) < 4.78 is 77.3. The lowest BCUT2D eigenvalue weighted by atomic mass is 9.99. The zero-order valence-electron chi connectivity index (χ0n) is 37.7. The van der Waals surface area contributed by atoms with Crippen LogP contribution in [0.25, 0.3) is 0 Å². The number of nitrogens with one attached hydrogen (secondary N) is 4. The van der Waals surface area contributed by atoms with E-state index in [2.05, 4.69) is 37.1 Å². The second-order valence-corrected chi connectivity index (χ2v) is 22.4. The smallest absolute Gasteiger partial charge is 0.333 e. The molecule has 0 saturated heterocycles. The number of hydrogen-bond acceptors (Lipinski definition) is 11. The lowest BCUT2D eigenvalue weighted by molar-refractivity contribution is 0.0974. The van der Waals surface area contributed by atoms with Crippen molar-refractivity contribution in [3.05, 3.63) is 80.2 Å². The van der Waals surface area contributed by atoms with E-state index in [0.717, 1.165) is 117 Å². The molecule has 6 aliphatic rings. The summed E-state index contributed by atoms with van der Waals surface area (Å²) >= 11 is 0. The second kappa shape index (κ2) is 17.6. The standard InChI is InChI=1S/C47H62N8O8S2/c1-52(2)27-34-26-41(65(60,61)51-47(57)49-43-38-15-6-11-31(38)24-32-12-7-16-39(32)43)45-55(34)21-18-35(63-45)28-53(3)20-17-33-25-40(44-54(33)19-8-22-62-44)64(58,59)50-46(56)48-42-36-13-4-9-29(36)23-30-10-5-14-37(30)42/h23-26,35,47,49,51,57H,4-22,27-28H2,1-3H3,(H2,48,50,56). The molecule has 0 radical (unpaired) electrons. The topological polar surface area (TPSA) is 188 Å². The predicted octanol–water partition coefficient (Wildman–Crippen LogP) is 4.59. The first-order valence-electron chi connectivity index (χ1n) is 23.4. The maximum Gasteiger partial charge on any atom is 0.333 e. The highest BCUT2D eigenvalue weighted by Crippen LogP contribution is 2.41. The Morgan fingerprint density at radius 2 is 1.31 bits per heavy atom. The number of fused-ring (bicyclic) bond motifs is 6. The van der Waals surface area contributed by atoms with Crippen LogP contribution < -0.4 is 29.6 Å². The average Bonchev–Trinajstić information content (AvgIpc) is 4.12. The number of carbonyl (C=O) groups excluding carboxylic acids is 1. The number of rotatable bonds is 15. The van der Waals surface area contributed by atoms with E-state index in [9.17, 15) is 26.7 Å². The molecule has 2 atom stereocenters. The van der Waals surface area contributed by atoms with Crippen LogP contribution in [0.1, 0.15) is 94.4 Å². The van der Waals surface area contributed by atoms with Gasteiger partial charge >= 0.3 is 6.03 Å². The highest BCUT2D eigenvalue weighted by molar-refractivity contribution is 7.90. The van der Waals surface area contributed by atoms with Gasteiger partial charge in [0.1, 0.15) is 15.9 Å². The van der Waals surface area contributed by atoms with Crippen LogP contribution in [0.4, 0.5) is 16.2 Å². The van der Waals surface area contributed by atoms with Crippen LogP contribution >= 0.6 is 0 Å². The molecule has 0 bridgehead atoms. The van der Waals surface area contributed by atoms with Crippen molar-refractivity contribution in [1.29, 1.82) is 0 Å². The molecule has 2 aromatic carbocycles. The molecule has 18 heteroatoms. The van der Waals surface area contributed by atoms with Crippen molar-refractivity contribution >= 4 is 37.5 Å². The summed E-state index contributed by atoms with van der Waals surface area (Å²) in [5.41, 5.74) is 12.9. The summed E-state index contributed by atoms with van der Waals surface area (Å²) in [5, 5.41) is 17.4. The van der Waals surface area contributed by atoms with Crippen LogP contribution in [0.2, 0.25) is 0 Å². The van der Waals surface area contributed by atoms with E-state index >= 15 is 0 Å². The van der Waals surface area contributed by atoms with E-state index < -0.39 is 32.4 Å². The number of carbonyl (C=O) groups is 1. The molecule has 2 unspecified atom stereocenters. The first kappa shape index (κ1) is 44.3. The van der Waals surface area contributed by atoms with Gasteiger partial charge in [-0.1, -0.05) is 12.1 Å². The number of amides is 2. The lowest BCUT2D eigenvalue weighted by Gasteiger charge is -2.31. The number of likely N-dealkylation sites (N-methyl/N-ethyl adjacent to an activating group) is 1. The van der Waals surface area contributed by atoms with Gasteiger partial charge in [-0.25, -0.2) is 26.4 Å². The highest BCUT2D eigenvalue weighted by Gasteiger charge is 2.35. The second-order valence-electron chi connectivity index (χ2n) is 19.1. The fraction of sp³-hybridized carbons (Fsp3) is 0.553. The molecule has 2 aliphatic heterocycles. The van der Waals surface area contributed by atoms with Crippen molar-refractivity contribution in [1.82, 2.24) is 28.4 Å². The van der Waals surface area contributed by atoms with E-state index in [0.29, 0.717) is 52.2 Å². The Balaban J connectivity index is 0.810. The van der Waals surface area contributed by atoms with Gasteiger partial charge in [-0.05, 0) is 161 Å². The Kier molecular flexibility index (Phi) is 12.0. The minimum absolute atomic E-state index is 0.0153. The summed E-state index contributed by atoms with van der Waals surface area (Å²) in [4.78, 5) is 17.4. The Bertz CT molecular complexity index is 2700. The Morgan fingerprint density at radius 1 is 0.738 bits per heavy atom. The van der Waals surface area contributed by atoms with E-state index in [1.54, 1.807) is 12.1 Å². The van der Waals surface area contributed by atoms with E-state index in [1.807, 2.05) is 35.2 Å². The molecular weight excluding hydrogens is 869 g/mol. The van der Waals surface area contributed by atoms with Crippen molar-refractivity contribution < 1.29 is 36.2 Å². The van der Waals surface area contributed by atoms with Crippen LogP contribution in [0.15, 0.2) is 34.1 Å². The third-order valence-corrected chi connectivity index (χ3v) is 16.9. The zero-order valence-corrected chi connectivity index (χ0v) is 39.4. The van der Waals surface area contributed by atoms with Crippen molar-refractivity contribution in [2.24, 2.45) is 0 Å². The molecule has 5 N–H and O–H groups in total. The van der Waals surface area contributed by atoms with Crippen molar-refractivity contribution in [3.8, 4) is 11.8 Å². The number of nitrogens with zero attached hydrogens (tertiary/aromatic N) is 4. The number of aliphatic hydroxyl groups is 1. The largest absolute Gasteiger partial charge is 0.478 e. The number of anilines is 2. The minimum atomic E-state index is -4.29. The molecule has 4 aromatic rings. The van der Waals surface area contributed by atoms with E-state index in [1.165, 1.54) is 33.4 Å². The number of aliphatic hydroxyl groups excluding tert-OH is 1. The van der Waals surface area contributed by atoms with Crippen LogP contribution in [-0.4, -0.2) is 100 Å². The van der Waals surface area contributed by atoms with E-state index in [-0.39, 0.29) is 27.7 Å². The number of aryl methyl sites for hydroxylation is 4. The normalized spacial score (nSPS) is 19.0. The summed E-state index contributed by atoms with van der Waals surface area (Å²) in [5.74, 6) is 0.484. The third-order valence-electron chi connectivity index (χ3n) is 14.2. The fourth-order valence-electron chi connectivity index (χ4n) is 11.3.